The van der Waals surface area contributed by atoms with Crippen molar-refractivity contribution < 1.29 is 4.42 Å². The SMILES string of the molecule is c1ccc(-c2nc(-c3cc(-c4ccccc4)c4ccccc4c3)nc(-c3cccc4oc5cc6nc(-c7ccccc7)sc6cc5c34)n2)cc1. The Morgan fingerprint density at radius 3 is 1.86 bits per heavy atom. The molecule has 0 radical (unpaired) electrons. The highest BCUT2D eigenvalue weighted by Gasteiger charge is 2.20. The third-order valence-corrected chi connectivity index (χ3v) is 10.2. The summed E-state index contributed by atoms with van der Waals surface area (Å²) in [7, 11) is 0. The van der Waals surface area contributed by atoms with Gasteiger partial charge in [-0.1, -0.05) is 127 Å². The molecule has 0 saturated carbocycles. The Labute approximate surface area is 291 Å². The van der Waals surface area contributed by atoms with Crippen LogP contribution in [0.15, 0.2) is 162 Å². The molecule has 0 amide bonds. The van der Waals surface area contributed by atoms with E-state index in [1.54, 1.807) is 11.3 Å². The number of benzene rings is 7. The molecule has 0 aliphatic carbocycles. The van der Waals surface area contributed by atoms with E-state index in [9.17, 15) is 0 Å². The number of thiazole rings is 1. The number of rotatable bonds is 5. The topological polar surface area (TPSA) is 64.7 Å². The van der Waals surface area contributed by atoms with Gasteiger partial charge in [-0.3, -0.25) is 0 Å². The normalized spacial score (nSPS) is 11.6. The minimum Gasteiger partial charge on any atom is -0.456 e. The lowest BCUT2D eigenvalue weighted by atomic mass is 9.95. The van der Waals surface area contributed by atoms with Crippen molar-refractivity contribution in [2.24, 2.45) is 0 Å². The molecule has 0 N–H and O–H groups in total. The molecule has 0 fully saturated rings. The minimum absolute atomic E-state index is 0.589. The molecule has 6 heteroatoms. The van der Waals surface area contributed by atoms with E-state index >= 15 is 0 Å². The first-order valence-electron chi connectivity index (χ1n) is 16.5. The third-order valence-electron chi connectivity index (χ3n) is 9.14. The van der Waals surface area contributed by atoms with E-state index in [2.05, 4.69) is 84.9 Å². The van der Waals surface area contributed by atoms with Crippen molar-refractivity contribution in [1.29, 1.82) is 0 Å². The lowest BCUT2D eigenvalue weighted by molar-refractivity contribution is 0.669. The summed E-state index contributed by atoms with van der Waals surface area (Å²) in [6.45, 7) is 0. The summed E-state index contributed by atoms with van der Waals surface area (Å²) in [6.07, 6.45) is 0. The Bertz CT molecular complexity index is 2860. The van der Waals surface area contributed by atoms with Gasteiger partial charge in [-0.2, -0.15) is 0 Å². The maximum Gasteiger partial charge on any atom is 0.164 e. The number of fused-ring (bicyclic) bond motifs is 5. The lowest BCUT2D eigenvalue weighted by Gasteiger charge is -2.12. The van der Waals surface area contributed by atoms with Gasteiger partial charge in [0.05, 0.1) is 10.2 Å². The Morgan fingerprint density at radius 1 is 0.420 bits per heavy atom. The van der Waals surface area contributed by atoms with Gasteiger partial charge in [0.15, 0.2) is 17.5 Å². The van der Waals surface area contributed by atoms with Gasteiger partial charge in [0.2, 0.25) is 0 Å². The van der Waals surface area contributed by atoms with Gasteiger partial charge in [0.25, 0.3) is 0 Å². The van der Waals surface area contributed by atoms with Gasteiger partial charge in [-0.05, 0) is 46.2 Å². The summed E-state index contributed by atoms with van der Waals surface area (Å²) in [5.41, 5.74) is 8.59. The fourth-order valence-electron chi connectivity index (χ4n) is 6.78. The fourth-order valence-corrected chi connectivity index (χ4v) is 7.77. The van der Waals surface area contributed by atoms with Crippen LogP contribution in [0.4, 0.5) is 0 Å². The smallest absolute Gasteiger partial charge is 0.164 e. The van der Waals surface area contributed by atoms with Crippen molar-refractivity contribution in [1.82, 2.24) is 19.9 Å². The van der Waals surface area contributed by atoms with Crippen molar-refractivity contribution in [2.75, 3.05) is 0 Å². The predicted octanol–water partition coefficient (Wildman–Crippen LogP) is 11.9. The quantitative estimate of drug-likeness (QED) is 0.184. The molecule has 3 heterocycles. The summed E-state index contributed by atoms with van der Waals surface area (Å²) >= 11 is 1.68. The minimum atomic E-state index is 0.589. The van der Waals surface area contributed by atoms with Crippen LogP contribution in [-0.2, 0) is 0 Å². The van der Waals surface area contributed by atoms with Crippen molar-refractivity contribution in [2.45, 2.75) is 0 Å². The fraction of sp³-hybridized carbons (Fsp3) is 0. The number of aromatic nitrogens is 4. The Morgan fingerprint density at radius 2 is 1.08 bits per heavy atom. The van der Waals surface area contributed by atoms with Crippen molar-refractivity contribution in [3.63, 3.8) is 0 Å². The monoisotopic (exact) mass is 658 g/mol. The van der Waals surface area contributed by atoms with Gasteiger partial charge in [-0.15, -0.1) is 11.3 Å². The van der Waals surface area contributed by atoms with Crippen LogP contribution in [0, 0.1) is 0 Å². The summed E-state index contributed by atoms with van der Waals surface area (Å²) in [6, 6.07) is 54.1. The number of hydrogen-bond donors (Lipinski definition) is 0. The van der Waals surface area contributed by atoms with E-state index in [1.165, 1.54) is 5.39 Å². The van der Waals surface area contributed by atoms with E-state index in [-0.39, 0.29) is 0 Å². The molecular formula is C44H26N4OS. The zero-order valence-corrected chi connectivity index (χ0v) is 27.4. The molecule has 50 heavy (non-hydrogen) atoms. The van der Waals surface area contributed by atoms with E-state index in [0.717, 1.165) is 75.9 Å². The summed E-state index contributed by atoms with van der Waals surface area (Å²) in [5.74, 6) is 1.81. The first kappa shape index (κ1) is 28.5. The molecule has 10 aromatic rings. The summed E-state index contributed by atoms with van der Waals surface area (Å²) in [4.78, 5) is 20.4. The summed E-state index contributed by atoms with van der Waals surface area (Å²) in [5, 5.41) is 5.26. The van der Waals surface area contributed by atoms with Gasteiger partial charge >= 0.3 is 0 Å². The van der Waals surface area contributed by atoms with Crippen LogP contribution in [0.1, 0.15) is 0 Å². The zero-order valence-electron chi connectivity index (χ0n) is 26.6. The molecular weight excluding hydrogens is 633 g/mol. The van der Waals surface area contributed by atoms with E-state index < -0.39 is 0 Å². The molecule has 0 unspecified atom stereocenters. The second-order valence-electron chi connectivity index (χ2n) is 12.3. The molecule has 0 spiro atoms. The van der Waals surface area contributed by atoms with Gasteiger partial charge in [0, 0.05) is 39.1 Å². The molecule has 0 saturated heterocycles. The third kappa shape index (κ3) is 4.85. The molecule has 0 aliphatic heterocycles. The van der Waals surface area contributed by atoms with Gasteiger partial charge in [0.1, 0.15) is 16.2 Å². The second kappa shape index (κ2) is 11.6. The van der Waals surface area contributed by atoms with Crippen LogP contribution in [-0.4, -0.2) is 19.9 Å². The van der Waals surface area contributed by atoms with Crippen LogP contribution in [0.2, 0.25) is 0 Å². The molecule has 234 valence electrons. The maximum absolute atomic E-state index is 6.47. The van der Waals surface area contributed by atoms with Crippen molar-refractivity contribution in [3.8, 4) is 55.9 Å². The lowest BCUT2D eigenvalue weighted by Crippen LogP contribution is -2.00. The van der Waals surface area contributed by atoms with Crippen LogP contribution >= 0.6 is 11.3 Å². The number of nitrogens with zero attached hydrogens (tertiary/aromatic N) is 4. The second-order valence-corrected chi connectivity index (χ2v) is 13.3. The van der Waals surface area contributed by atoms with Gasteiger partial charge < -0.3 is 4.42 Å². The highest BCUT2D eigenvalue weighted by atomic mass is 32.1. The number of hydrogen-bond acceptors (Lipinski definition) is 6. The van der Waals surface area contributed by atoms with Crippen molar-refractivity contribution in [3.05, 3.63) is 158 Å². The average molecular weight is 659 g/mol. The van der Waals surface area contributed by atoms with Crippen LogP contribution in [0.5, 0.6) is 0 Å². The highest BCUT2D eigenvalue weighted by Crippen LogP contribution is 2.41. The van der Waals surface area contributed by atoms with Crippen molar-refractivity contribution >= 4 is 54.3 Å². The molecule has 0 atom stereocenters. The molecule has 0 bridgehead atoms. The van der Waals surface area contributed by atoms with E-state index in [1.807, 2.05) is 72.8 Å². The largest absolute Gasteiger partial charge is 0.456 e. The highest BCUT2D eigenvalue weighted by molar-refractivity contribution is 7.21. The number of furan rings is 1. The molecule has 5 nitrogen and oxygen atoms in total. The average Bonchev–Trinajstić information content (AvgIpc) is 3.78. The molecule has 0 aliphatic rings. The Hall–Kier alpha value is -6.50. The van der Waals surface area contributed by atoms with Crippen LogP contribution in [0.3, 0.4) is 0 Å². The Balaban J connectivity index is 1.20. The van der Waals surface area contributed by atoms with E-state index in [0.29, 0.717) is 17.5 Å². The maximum atomic E-state index is 6.47. The van der Waals surface area contributed by atoms with E-state index in [4.69, 9.17) is 24.4 Å². The standard InChI is InChI=1S/C44H26N4OS/c1-4-13-27(14-5-1)34-24-31(23-30-19-10-11-20-32(30)34)42-46-41(28-15-6-2-7-16-28)47-43(48-42)33-21-12-22-37-40(33)35-25-39-36(26-38(35)49-37)45-44(50-39)29-17-8-3-9-18-29/h1-26H. The van der Waals surface area contributed by atoms with Crippen LogP contribution < -0.4 is 0 Å². The zero-order chi connectivity index (χ0) is 33.0. The molecule has 10 rings (SSSR count). The first-order valence-corrected chi connectivity index (χ1v) is 17.3. The van der Waals surface area contributed by atoms with Gasteiger partial charge in [-0.25, -0.2) is 19.9 Å². The molecule has 3 aromatic heterocycles. The Kier molecular flexibility index (Phi) is 6.60. The van der Waals surface area contributed by atoms with Crippen LogP contribution in [0.25, 0.3) is 98.8 Å². The summed E-state index contributed by atoms with van der Waals surface area (Å²) < 4.78 is 7.57. The molecule has 7 aromatic carbocycles. The predicted molar refractivity (Wildman–Crippen MR) is 205 cm³/mol. The first-order chi connectivity index (χ1) is 24.7.